The quantitative estimate of drug-likeness (QED) is 0.747. The molecule has 0 fully saturated rings. The summed E-state index contributed by atoms with van der Waals surface area (Å²) in [5.41, 5.74) is -0.727. The predicted molar refractivity (Wildman–Crippen MR) is 92.4 cm³/mol. The van der Waals surface area contributed by atoms with E-state index in [-0.39, 0.29) is 16.7 Å². The average Bonchev–Trinajstić information content (AvgIpc) is 2.56. The summed E-state index contributed by atoms with van der Waals surface area (Å²) in [7, 11) is 0. The molecule has 0 saturated heterocycles. The molecule has 0 aliphatic heterocycles. The molecule has 136 valence electrons. The standard InChI is InChI=1S/C16H19ClF3N5/c1-3-7-25(8-4-2)14-10-21-24-15(23-14)22-13-9-11(16(18,19)20)5-6-12(13)17/h5-6,9-10H,3-4,7-8H2,1-2H3,(H,22,23,24). The fourth-order valence-corrected chi connectivity index (χ4v) is 2.46. The third-order valence-electron chi connectivity index (χ3n) is 3.40. The van der Waals surface area contributed by atoms with Gasteiger partial charge in [-0.15, -0.1) is 5.10 Å². The first-order chi connectivity index (χ1) is 11.8. The van der Waals surface area contributed by atoms with Gasteiger partial charge in [0, 0.05) is 13.1 Å². The summed E-state index contributed by atoms with van der Waals surface area (Å²) in [5, 5.41) is 10.6. The van der Waals surface area contributed by atoms with E-state index >= 15 is 0 Å². The van der Waals surface area contributed by atoms with Crippen LogP contribution in [0.3, 0.4) is 0 Å². The fourth-order valence-electron chi connectivity index (χ4n) is 2.30. The molecule has 25 heavy (non-hydrogen) atoms. The highest BCUT2D eigenvalue weighted by Crippen LogP contribution is 2.34. The van der Waals surface area contributed by atoms with Crippen molar-refractivity contribution in [2.45, 2.75) is 32.9 Å². The second kappa shape index (κ2) is 8.33. The molecule has 1 aromatic carbocycles. The highest BCUT2D eigenvalue weighted by atomic mass is 35.5. The molecule has 9 heteroatoms. The maximum atomic E-state index is 12.9. The van der Waals surface area contributed by atoms with Gasteiger partial charge >= 0.3 is 6.18 Å². The Balaban J connectivity index is 2.27. The molecule has 0 amide bonds. The summed E-state index contributed by atoms with van der Waals surface area (Å²) in [6.07, 6.45) is -1.05. The van der Waals surface area contributed by atoms with Gasteiger partial charge in [0.25, 0.3) is 0 Å². The predicted octanol–water partition coefficient (Wildman–Crippen LogP) is 4.91. The van der Waals surface area contributed by atoms with E-state index < -0.39 is 11.7 Å². The lowest BCUT2D eigenvalue weighted by Crippen LogP contribution is -2.26. The summed E-state index contributed by atoms with van der Waals surface area (Å²) in [6, 6.07) is 3.03. The van der Waals surface area contributed by atoms with Gasteiger partial charge in [0.05, 0.1) is 22.5 Å². The Morgan fingerprint density at radius 2 is 1.84 bits per heavy atom. The van der Waals surface area contributed by atoms with Crippen molar-refractivity contribution in [3.05, 3.63) is 35.0 Å². The first-order valence-electron chi connectivity index (χ1n) is 7.93. The molecule has 1 N–H and O–H groups in total. The number of halogens is 4. The zero-order valence-electron chi connectivity index (χ0n) is 13.9. The second-order valence-electron chi connectivity index (χ2n) is 5.44. The molecule has 0 bridgehead atoms. The molecule has 1 aromatic heterocycles. The van der Waals surface area contributed by atoms with Crippen molar-refractivity contribution in [1.82, 2.24) is 15.2 Å². The first kappa shape index (κ1) is 19.2. The maximum Gasteiger partial charge on any atom is 0.416 e. The van der Waals surface area contributed by atoms with E-state index in [0.717, 1.165) is 38.1 Å². The smallest absolute Gasteiger partial charge is 0.355 e. The molecule has 0 radical (unpaired) electrons. The Labute approximate surface area is 149 Å². The highest BCUT2D eigenvalue weighted by molar-refractivity contribution is 6.33. The van der Waals surface area contributed by atoms with E-state index in [1.807, 2.05) is 4.90 Å². The van der Waals surface area contributed by atoms with Crippen molar-refractivity contribution in [3.8, 4) is 0 Å². The molecule has 1 heterocycles. The van der Waals surface area contributed by atoms with Crippen molar-refractivity contribution >= 4 is 29.1 Å². The van der Waals surface area contributed by atoms with Crippen molar-refractivity contribution < 1.29 is 13.2 Å². The molecule has 2 rings (SSSR count). The monoisotopic (exact) mass is 373 g/mol. The number of rotatable bonds is 7. The van der Waals surface area contributed by atoms with Crippen molar-refractivity contribution in [2.24, 2.45) is 0 Å². The van der Waals surface area contributed by atoms with Crippen LogP contribution in [0, 0.1) is 0 Å². The molecule has 0 unspecified atom stereocenters. The van der Waals surface area contributed by atoms with E-state index in [4.69, 9.17) is 11.6 Å². The van der Waals surface area contributed by atoms with Crippen LogP contribution in [0.1, 0.15) is 32.3 Å². The van der Waals surface area contributed by atoms with Crippen LogP contribution in [0.4, 0.5) is 30.6 Å². The van der Waals surface area contributed by atoms with Crippen LogP contribution < -0.4 is 10.2 Å². The Hall–Kier alpha value is -2.09. The van der Waals surface area contributed by atoms with Crippen LogP contribution in [-0.4, -0.2) is 28.3 Å². The minimum absolute atomic E-state index is 0.0768. The topological polar surface area (TPSA) is 53.9 Å². The van der Waals surface area contributed by atoms with E-state index in [9.17, 15) is 13.2 Å². The zero-order valence-corrected chi connectivity index (χ0v) is 14.7. The van der Waals surface area contributed by atoms with Gasteiger partial charge in [-0.2, -0.15) is 23.3 Å². The van der Waals surface area contributed by atoms with E-state index in [2.05, 4.69) is 34.3 Å². The molecule has 2 aromatic rings. The number of alkyl halides is 3. The number of benzene rings is 1. The number of hydrogen-bond donors (Lipinski definition) is 1. The van der Waals surface area contributed by atoms with Gasteiger partial charge < -0.3 is 10.2 Å². The van der Waals surface area contributed by atoms with Gasteiger partial charge in [0.15, 0.2) is 5.82 Å². The van der Waals surface area contributed by atoms with Gasteiger partial charge in [-0.3, -0.25) is 0 Å². The van der Waals surface area contributed by atoms with Crippen LogP contribution in [0.15, 0.2) is 24.4 Å². The third kappa shape index (κ3) is 5.19. The minimum atomic E-state index is -4.46. The van der Waals surface area contributed by atoms with Crippen LogP contribution in [0.25, 0.3) is 0 Å². The molecule has 0 aliphatic carbocycles. The molecular formula is C16H19ClF3N5. The number of hydrogen-bond acceptors (Lipinski definition) is 5. The summed E-state index contributed by atoms with van der Waals surface area (Å²) in [4.78, 5) is 6.39. The number of nitrogens with zero attached hydrogens (tertiary/aromatic N) is 4. The van der Waals surface area contributed by atoms with Crippen molar-refractivity contribution in [2.75, 3.05) is 23.3 Å². The highest BCUT2D eigenvalue weighted by Gasteiger charge is 2.31. The van der Waals surface area contributed by atoms with Gasteiger partial charge in [-0.1, -0.05) is 25.4 Å². The molecular weight excluding hydrogens is 355 g/mol. The summed E-state index contributed by atoms with van der Waals surface area (Å²) in [6.45, 7) is 5.71. The lowest BCUT2D eigenvalue weighted by molar-refractivity contribution is -0.137. The lowest BCUT2D eigenvalue weighted by atomic mass is 10.2. The molecule has 0 saturated carbocycles. The zero-order chi connectivity index (χ0) is 18.4. The average molecular weight is 374 g/mol. The maximum absolute atomic E-state index is 12.9. The molecule has 0 spiro atoms. The Morgan fingerprint density at radius 3 is 2.44 bits per heavy atom. The molecule has 5 nitrogen and oxygen atoms in total. The Bertz CT molecular complexity index is 702. The summed E-state index contributed by atoms with van der Waals surface area (Å²) < 4.78 is 38.6. The normalized spacial score (nSPS) is 11.4. The lowest BCUT2D eigenvalue weighted by Gasteiger charge is -2.22. The SMILES string of the molecule is CCCN(CCC)c1cnnc(Nc2cc(C(F)(F)F)ccc2Cl)n1. The van der Waals surface area contributed by atoms with Crippen molar-refractivity contribution in [1.29, 1.82) is 0 Å². The number of nitrogens with one attached hydrogen (secondary N) is 1. The second-order valence-corrected chi connectivity index (χ2v) is 5.85. The Kier molecular flexibility index (Phi) is 6.41. The van der Waals surface area contributed by atoms with Gasteiger partial charge in [0.1, 0.15) is 0 Å². The largest absolute Gasteiger partial charge is 0.416 e. The summed E-state index contributed by atoms with van der Waals surface area (Å²) in [5.74, 6) is 0.709. The third-order valence-corrected chi connectivity index (χ3v) is 3.73. The van der Waals surface area contributed by atoms with Gasteiger partial charge in [-0.05, 0) is 31.0 Å². The minimum Gasteiger partial charge on any atom is -0.355 e. The van der Waals surface area contributed by atoms with Crippen LogP contribution in [0.2, 0.25) is 5.02 Å². The van der Waals surface area contributed by atoms with Gasteiger partial charge in [-0.25, -0.2) is 0 Å². The molecule has 0 atom stereocenters. The first-order valence-corrected chi connectivity index (χ1v) is 8.31. The van der Waals surface area contributed by atoms with Gasteiger partial charge in [0.2, 0.25) is 5.95 Å². The van der Waals surface area contributed by atoms with E-state index in [1.165, 1.54) is 12.3 Å². The van der Waals surface area contributed by atoms with Crippen LogP contribution in [0.5, 0.6) is 0 Å². The number of aromatic nitrogens is 3. The van der Waals surface area contributed by atoms with E-state index in [1.54, 1.807) is 0 Å². The Morgan fingerprint density at radius 1 is 1.16 bits per heavy atom. The summed E-state index contributed by atoms with van der Waals surface area (Å²) >= 11 is 5.98. The van der Waals surface area contributed by atoms with Crippen molar-refractivity contribution in [3.63, 3.8) is 0 Å². The molecule has 0 aliphatic rings. The fraction of sp³-hybridized carbons (Fsp3) is 0.438. The van der Waals surface area contributed by atoms with Crippen LogP contribution >= 0.6 is 11.6 Å². The number of anilines is 3. The van der Waals surface area contributed by atoms with E-state index in [0.29, 0.717) is 5.82 Å². The van der Waals surface area contributed by atoms with Crippen LogP contribution in [-0.2, 0) is 6.18 Å².